The standard InChI is InChI=1S/C21H24N4OS/c1-14(17-11-10-15-6-2-5-9-18(15)12-17)22-19(26)13-27-21-23-20(24-25-21)16-7-3-4-8-16/h2,5-6,9-12,14,16H,3-4,7-8,13H2,1H3,(H,22,26)(H,23,24,25)/t14-/m0/s1. The zero-order valence-corrected chi connectivity index (χ0v) is 16.3. The Morgan fingerprint density at radius 2 is 2.00 bits per heavy atom. The van der Waals surface area contributed by atoms with Crippen LogP contribution in [0.3, 0.4) is 0 Å². The Labute approximate surface area is 163 Å². The number of hydrogen-bond donors (Lipinski definition) is 2. The Morgan fingerprint density at radius 3 is 2.81 bits per heavy atom. The molecule has 0 unspecified atom stereocenters. The van der Waals surface area contributed by atoms with Crippen LogP contribution in [0.15, 0.2) is 47.6 Å². The van der Waals surface area contributed by atoms with Crippen LogP contribution in [-0.2, 0) is 4.79 Å². The highest BCUT2D eigenvalue weighted by atomic mass is 32.2. The smallest absolute Gasteiger partial charge is 0.230 e. The van der Waals surface area contributed by atoms with Crippen LogP contribution < -0.4 is 5.32 Å². The lowest BCUT2D eigenvalue weighted by molar-refractivity contribution is -0.119. The molecule has 5 nitrogen and oxygen atoms in total. The van der Waals surface area contributed by atoms with Crippen LogP contribution in [0.1, 0.15) is 56.0 Å². The van der Waals surface area contributed by atoms with Crippen LogP contribution in [0.5, 0.6) is 0 Å². The number of carbonyl (C=O) groups excluding carboxylic acids is 1. The second-order valence-electron chi connectivity index (χ2n) is 7.17. The van der Waals surface area contributed by atoms with Gasteiger partial charge < -0.3 is 5.32 Å². The van der Waals surface area contributed by atoms with Crippen molar-refractivity contribution in [1.82, 2.24) is 20.5 Å². The van der Waals surface area contributed by atoms with Crippen molar-refractivity contribution in [2.75, 3.05) is 5.75 Å². The first-order valence-corrected chi connectivity index (χ1v) is 10.5. The maximum atomic E-state index is 12.3. The van der Waals surface area contributed by atoms with Crippen molar-refractivity contribution in [1.29, 1.82) is 0 Å². The molecule has 0 aliphatic heterocycles. The molecule has 1 aromatic heterocycles. The van der Waals surface area contributed by atoms with Crippen molar-refractivity contribution in [3.63, 3.8) is 0 Å². The third-order valence-electron chi connectivity index (χ3n) is 5.21. The number of amides is 1. The highest BCUT2D eigenvalue weighted by Crippen LogP contribution is 2.32. The van der Waals surface area contributed by atoms with Crippen LogP contribution in [0, 0.1) is 0 Å². The molecule has 0 spiro atoms. The van der Waals surface area contributed by atoms with Gasteiger partial charge >= 0.3 is 0 Å². The molecule has 4 rings (SSSR count). The molecule has 1 heterocycles. The average Bonchev–Trinajstić information content (AvgIpc) is 3.37. The first kappa shape index (κ1) is 18.0. The molecule has 1 fully saturated rings. The summed E-state index contributed by atoms with van der Waals surface area (Å²) in [6.07, 6.45) is 4.90. The van der Waals surface area contributed by atoms with Crippen molar-refractivity contribution in [2.45, 2.75) is 49.7 Å². The summed E-state index contributed by atoms with van der Waals surface area (Å²) in [6, 6.07) is 14.5. The molecule has 2 N–H and O–H groups in total. The number of H-pyrrole nitrogens is 1. The Balaban J connectivity index is 1.31. The summed E-state index contributed by atoms with van der Waals surface area (Å²) < 4.78 is 0. The van der Waals surface area contributed by atoms with Gasteiger partial charge in [0.1, 0.15) is 5.82 Å². The topological polar surface area (TPSA) is 70.7 Å². The number of benzene rings is 2. The van der Waals surface area contributed by atoms with Crippen molar-refractivity contribution in [3.05, 3.63) is 53.9 Å². The summed E-state index contributed by atoms with van der Waals surface area (Å²) in [5, 5.41) is 13.4. The predicted octanol–water partition coefficient (Wildman–Crippen LogP) is 4.59. The number of aromatic amines is 1. The monoisotopic (exact) mass is 380 g/mol. The first-order chi connectivity index (χ1) is 13.2. The second kappa shape index (κ2) is 8.13. The minimum atomic E-state index is -0.0381. The van der Waals surface area contributed by atoms with Crippen molar-refractivity contribution >= 4 is 28.4 Å². The number of thioether (sulfide) groups is 1. The van der Waals surface area contributed by atoms with Gasteiger partial charge in [-0.1, -0.05) is 61.0 Å². The molecule has 0 radical (unpaired) electrons. The second-order valence-corrected chi connectivity index (χ2v) is 8.11. The molecular weight excluding hydrogens is 356 g/mol. The van der Waals surface area contributed by atoms with E-state index in [1.165, 1.54) is 48.2 Å². The maximum absolute atomic E-state index is 12.3. The third-order valence-corrected chi connectivity index (χ3v) is 6.05. The zero-order chi connectivity index (χ0) is 18.6. The van der Waals surface area contributed by atoms with Crippen LogP contribution >= 0.6 is 11.8 Å². The minimum Gasteiger partial charge on any atom is -0.349 e. The van der Waals surface area contributed by atoms with E-state index < -0.39 is 0 Å². The molecule has 1 aliphatic rings. The van der Waals surface area contributed by atoms with Crippen LogP contribution in [0.2, 0.25) is 0 Å². The van der Waals surface area contributed by atoms with Crippen LogP contribution in [-0.4, -0.2) is 26.8 Å². The van der Waals surface area contributed by atoms with Gasteiger partial charge in [0.05, 0.1) is 11.8 Å². The molecule has 1 aliphatic carbocycles. The lowest BCUT2D eigenvalue weighted by Gasteiger charge is -2.14. The number of hydrogen-bond acceptors (Lipinski definition) is 4. The number of nitrogens with zero attached hydrogens (tertiary/aromatic N) is 2. The van der Waals surface area contributed by atoms with E-state index in [2.05, 4.69) is 50.8 Å². The number of fused-ring (bicyclic) bond motifs is 1. The molecule has 1 amide bonds. The molecule has 0 bridgehead atoms. The predicted molar refractivity (Wildman–Crippen MR) is 109 cm³/mol. The van der Waals surface area contributed by atoms with E-state index in [0.717, 1.165) is 11.4 Å². The Kier molecular flexibility index (Phi) is 5.43. The summed E-state index contributed by atoms with van der Waals surface area (Å²) in [6.45, 7) is 2.01. The molecule has 140 valence electrons. The van der Waals surface area contributed by atoms with Gasteiger partial charge in [-0.25, -0.2) is 4.98 Å². The first-order valence-electron chi connectivity index (χ1n) is 9.52. The molecule has 3 aromatic rings. The summed E-state index contributed by atoms with van der Waals surface area (Å²) in [7, 11) is 0. The average molecular weight is 381 g/mol. The Hall–Kier alpha value is -2.34. The highest BCUT2D eigenvalue weighted by molar-refractivity contribution is 7.99. The Morgan fingerprint density at radius 1 is 1.22 bits per heavy atom. The fourth-order valence-electron chi connectivity index (χ4n) is 3.68. The van der Waals surface area contributed by atoms with Crippen molar-refractivity contribution in [2.24, 2.45) is 0 Å². The zero-order valence-electron chi connectivity index (χ0n) is 15.4. The fourth-order valence-corrected chi connectivity index (χ4v) is 4.29. The van der Waals surface area contributed by atoms with E-state index in [9.17, 15) is 4.79 Å². The van der Waals surface area contributed by atoms with E-state index in [4.69, 9.17) is 0 Å². The third kappa shape index (κ3) is 4.33. The maximum Gasteiger partial charge on any atom is 0.230 e. The lowest BCUT2D eigenvalue weighted by Crippen LogP contribution is -2.28. The van der Waals surface area contributed by atoms with Crippen LogP contribution in [0.25, 0.3) is 10.8 Å². The molecular formula is C21H24N4OS. The minimum absolute atomic E-state index is 0.00660. The SMILES string of the molecule is C[C@H](NC(=O)CSc1n[nH]c(C2CCCC2)n1)c1ccc2ccccc2c1. The van der Waals surface area contributed by atoms with Gasteiger partial charge in [0.25, 0.3) is 0 Å². The normalized spacial score (nSPS) is 15.9. The van der Waals surface area contributed by atoms with E-state index in [-0.39, 0.29) is 11.9 Å². The highest BCUT2D eigenvalue weighted by Gasteiger charge is 2.21. The summed E-state index contributed by atoms with van der Waals surface area (Å²) in [5.41, 5.74) is 1.11. The largest absolute Gasteiger partial charge is 0.349 e. The van der Waals surface area contributed by atoms with E-state index in [1.54, 1.807) is 0 Å². The summed E-state index contributed by atoms with van der Waals surface area (Å²) in [5.74, 6) is 1.79. The van der Waals surface area contributed by atoms with Gasteiger partial charge in [-0.05, 0) is 42.2 Å². The van der Waals surface area contributed by atoms with Gasteiger partial charge in [0.2, 0.25) is 11.1 Å². The molecule has 27 heavy (non-hydrogen) atoms. The Bertz CT molecular complexity index is 933. The van der Waals surface area contributed by atoms with E-state index in [0.29, 0.717) is 16.8 Å². The van der Waals surface area contributed by atoms with Crippen molar-refractivity contribution in [3.8, 4) is 0 Å². The number of aromatic nitrogens is 3. The quantitative estimate of drug-likeness (QED) is 0.614. The van der Waals surface area contributed by atoms with Gasteiger partial charge in [0, 0.05) is 5.92 Å². The van der Waals surface area contributed by atoms with Gasteiger partial charge in [-0.2, -0.15) is 0 Å². The number of carbonyl (C=O) groups is 1. The number of nitrogens with one attached hydrogen (secondary N) is 2. The van der Waals surface area contributed by atoms with Gasteiger partial charge in [-0.3, -0.25) is 9.89 Å². The molecule has 2 aromatic carbocycles. The molecule has 6 heteroatoms. The van der Waals surface area contributed by atoms with E-state index in [1.807, 2.05) is 19.1 Å². The summed E-state index contributed by atoms with van der Waals surface area (Å²) in [4.78, 5) is 16.9. The van der Waals surface area contributed by atoms with Gasteiger partial charge in [-0.15, -0.1) is 5.10 Å². The fraction of sp³-hybridized carbons (Fsp3) is 0.381. The van der Waals surface area contributed by atoms with E-state index >= 15 is 0 Å². The molecule has 1 atom stereocenters. The van der Waals surface area contributed by atoms with Crippen LogP contribution in [0.4, 0.5) is 0 Å². The molecule has 1 saturated carbocycles. The lowest BCUT2D eigenvalue weighted by atomic mass is 10.0. The van der Waals surface area contributed by atoms with Crippen molar-refractivity contribution < 1.29 is 4.79 Å². The van der Waals surface area contributed by atoms with Gasteiger partial charge in [0.15, 0.2) is 0 Å². The summed E-state index contributed by atoms with van der Waals surface area (Å²) >= 11 is 1.38. The number of rotatable bonds is 6. The molecule has 0 saturated heterocycles.